The summed E-state index contributed by atoms with van der Waals surface area (Å²) < 4.78 is 16.8. The van der Waals surface area contributed by atoms with Gasteiger partial charge in [-0.15, -0.1) is 0 Å². The van der Waals surface area contributed by atoms with Gasteiger partial charge in [-0.05, 0) is 122 Å². The van der Waals surface area contributed by atoms with Gasteiger partial charge < -0.3 is 14.2 Å². The van der Waals surface area contributed by atoms with Gasteiger partial charge in [0.1, 0.15) is 13.2 Å². The van der Waals surface area contributed by atoms with Crippen LogP contribution in [0.5, 0.6) is 0 Å². The van der Waals surface area contributed by atoms with Gasteiger partial charge >= 0.3 is 17.9 Å². The maximum atomic E-state index is 12.8. The molecule has 0 amide bonds. The predicted molar refractivity (Wildman–Crippen MR) is 288 cm³/mol. The summed E-state index contributed by atoms with van der Waals surface area (Å²) in [7, 11) is 0. The minimum atomic E-state index is -0.814. The summed E-state index contributed by atoms with van der Waals surface area (Å²) in [6, 6.07) is 0. The molecular formula is C61H100O6. The SMILES string of the molecule is CC/C=C\C/C=C\C/C=C\C/C=C\CCCCCCC(=O)OC[C@H](COC(=O)CCC/C=C\C/C=C\C/C=C\C/C=C\CCCCC)OC(=O)CCCCCCCCC/C=C\CCCCCC. The van der Waals surface area contributed by atoms with Crippen molar-refractivity contribution in [2.45, 2.75) is 245 Å². The van der Waals surface area contributed by atoms with Gasteiger partial charge in [0.2, 0.25) is 0 Å². The molecule has 0 unspecified atom stereocenters. The van der Waals surface area contributed by atoms with Crippen LogP contribution < -0.4 is 0 Å². The molecule has 0 N–H and O–H groups in total. The third kappa shape index (κ3) is 52.9. The van der Waals surface area contributed by atoms with Crippen molar-refractivity contribution in [3.63, 3.8) is 0 Å². The molecule has 0 aliphatic rings. The fourth-order valence-corrected chi connectivity index (χ4v) is 7.13. The number of hydrogen-bond acceptors (Lipinski definition) is 6. The fraction of sp³-hybridized carbons (Fsp3) is 0.656. The maximum absolute atomic E-state index is 12.8. The van der Waals surface area contributed by atoms with Crippen molar-refractivity contribution in [3.05, 3.63) is 109 Å². The van der Waals surface area contributed by atoms with Crippen LogP contribution in [0.3, 0.4) is 0 Å². The molecule has 0 aliphatic heterocycles. The minimum Gasteiger partial charge on any atom is -0.462 e. The second-order valence-corrected chi connectivity index (χ2v) is 17.7. The third-order valence-electron chi connectivity index (χ3n) is 11.2. The van der Waals surface area contributed by atoms with Crippen LogP contribution in [0.25, 0.3) is 0 Å². The van der Waals surface area contributed by atoms with Crippen LogP contribution in [0.4, 0.5) is 0 Å². The van der Waals surface area contributed by atoms with Gasteiger partial charge in [0.05, 0.1) is 0 Å². The normalized spacial score (nSPS) is 12.9. The molecule has 67 heavy (non-hydrogen) atoms. The second-order valence-electron chi connectivity index (χ2n) is 17.7. The zero-order valence-electron chi connectivity index (χ0n) is 43.4. The Balaban J connectivity index is 4.53. The van der Waals surface area contributed by atoms with Gasteiger partial charge in [-0.1, -0.05) is 207 Å². The molecule has 6 nitrogen and oxygen atoms in total. The molecule has 0 saturated heterocycles. The molecule has 0 aromatic heterocycles. The van der Waals surface area contributed by atoms with E-state index < -0.39 is 6.10 Å². The number of rotatable bonds is 48. The summed E-state index contributed by atoms with van der Waals surface area (Å²) in [5.41, 5.74) is 0. The average Bonchev–Trinajstić information content (AvgIpc) is 3.33. The van der Waals surface area contributed by atoms with E-state index in [1.165, 1.54) is 89.9 Å². The number of allylic oxidation sites excluding steroid dienone is 18. The summed E-state index contributed by atoms with van der Waals surface area (Å²) in [4.78, 5) is 38.1. The molecule has 380 valence electrons. The van der Waals surface area contributed by atoms with E-state index in [9.17, 15) is 14.4 Å². The van der Waals surface area contributed by atoms with Crippen molar-refractivity contribution in [2.24, 2.45) is 0 Å². The summed E-state index contributed by atoms with van der Waals surface area (Å²) in [5, 5.41) is 0. The van der Waals surface area contributed by atoms with Gasteiger partial charge in [0, 0.05) is 19.3 Å². The number of carbonyl (C=O) groups is 3. The molecular weight excluding hydrogens is 829 g/mol. The Hall–Kier alpha value is -3.93. The molecule has 0 heterocycles. The Labute approximate surface area is 412 Å². The van der Waals surface area contributed by atoms with E-state index in [2.05, 4.69) is 130 Å². The molecule has 0 rings (SSSR count). The number of ether oxygens (including phenoxy) is 3. The minimum absolute atomic E-state index is 0.111. The van der Waals surface area contributed by atoms with E-state index in [0.29, 0.717) is 19.3 Å². The van der Waals surface area contributed by atoms with E-state index in [1.807, 2.05) is 0 Å². The Bertz CT molecular complexity index is 1390. The lowest BCUT2D eigenvalue weighted by molar-refractivity contribution is -0.167. The number of unbranched alkanes of at least 4 members (excludes halogenated alkanes) is 19. The topological polar surface area (TPSA) is 78.9 Å². The number of carbonyl (C=O) groups excluding carboxylic acids is 3. The number of esters is 3. The highest BCUT2D eigenvalue weighted by atomic mass is 16.6. The van der Waals surface area contributed by atoms with Gasteiger partial charge in [0.25, 0.3) is 0 Å². The molecule has 0 bridgehead atoms. The summed E-state index contributed by atoms with van der Waals surface area (Å²) in [5.74, 6) is -0.997. The first-order valence-electron chi connectivity index (χ1n) is 27.4. The maximum Gasteiger partial charge on any atom is 0.306 e. The highest BCUT2D eigenvalue weighted by Crippen LogP contribution is 2.13. The monoisotopic (exact) mass is 929 g/mol. The standard InChI is InChI=1S/C61H100O6/c1-4-7-10-13-16-19-22-25-28-30-33-35-38-41-44-47-50-53-59(62)65-56-58(67-61(64)55-52-49-46-43-40-37-32-27-24-21-18-15-12-9-6-3)57-66-60(63)54-51-48-45-42-39-36-34-31-29-26-23-20-17-14-11-8-5-2/h7,10,16-17,19-21,24-26,28-29,33-36,42,45,58H,4-6,8-9,11-15,18,22-23,27,30-32,37-41,43-44,46-57H2,1-3H3/b10-7-,19-16-,20-17-,24-21-,28-25-,29-26-,35-33-,36-34-,45-42-/t58-/m1/s1. The largest absolute Gasteiger partial charge is 0.462 e. The molecule has 0 aromatic rings. The Morgan fingerprint density at radius 3 is 1.01 bits per heavy atom. The number of hydrogen-bond donors (Lipinski definition) is 0. The van der Waals surface area contributed by atoms with E-state index in [1.54, 1.807) is 0 Å². The van der Waals surface area contributed by atoms with Gasteiger partial charge in [-0.3, -0.25) is 14.4 Å². The zero-order valence-corrected chi connectivity index (χ0v) is 43.4. The van der Waals surface area contributed by atoms with E-state index in [0.717, 1.165) is 103 Å². The first kappa shape index (κ1) is 63.1. The molecule has 6 heteroatoms. The second kappa shape index (κ2) is 54.7. The van der Waals surface area contributed by atoms with Crippen LogP contribution in [-0.4, -0.2) is 37.2 Å². The fourth-order valence-electron chi connectivity index (χ4n) is 7.13. The van der Waals surface area contributed by atoms with E-state index >= 15 is 0 Å². The van der Waals surface area contributed by atoms with Crippen molar-refractivity contribution < 1.29 is 28.6 Å². The van der Waals surface area contributed by atoms with E-state index in [-0.39, 0.29) is 37.5 Å². The highest BCUT2D eigenvalue weighted by Gasteiger charge is 2.19. The summed E-state index contributed by atoms with van der Waals surface area (Å²) in [6.45, 7) is 6.41. The van der Waals surface area contributed by atoms with Gasteiger partial charge in [0.15, 0.2) is 6.10 Å². The first-order chi connectivity index (χ1) is 33.0. The van der Waals surface area contributed by atoms with Crippen LogP contribution in [0.2, 0.25) is 0 Å². The van der Waals surface area contributed by atoms with Crippen LogP contribution in [0, 0.1) is 0 Å². The van der Waals surface area contributed by atoms with Crippen LogP contribution in [-0.2, 0) is 28.6 Å². The van der Waals surface area contributed by atoms with Crippen LogP contribution >= 0.6 is 0 Å². The smallest absolute Gasteiger partial charge is 0.306 e. The van der Waals surface area contributed by atoms with Crippen LogP contribution in [0.1, 0.15) is 239 Å². The molecule has 0 fully saturated rings. The molecule has 0 aromatic carbocycles. The Kier molecular flexibility index (Phi) is 51.5. The first-order valence-corrected chi connectivity index (χ1v) is 27.4. The van der Waals surface area contributed by atoms with Gasteiger partial charge in [-0.2, -0.15) is 0 Å². The lowest BCUT2D eigenvalue weighted by Gasteiger charge is -2.18. The lowest BCUT2D eigenvalue weighted by Crippen LogP contribution is -2.30. The molecule has 1 atom stereocenters. The zero-order chi connectivity index (χ0) is 48.6. The predicted octanol–water partition coefficient (Wildman–Crippen LogP) is 18.3. The van der Waals surface area contributed by atoms with Crippen molar-refractivity contribution in [1.29, 1.82) is 0 Å². The van der Waals surface area contributed by atoms with Crippen molar-refractivity contribution >= 4 is 17.9 Å². The Morgan fingerprint density at radius 1 is 0.313 bits per heavy atom. The molecule has 0 aliphatic carbocycles. The van der Waals surface area contributed by atoms with Crippen molar-refractivity contribution in [1.82, 2.24) is 0 Å². The van der Waals surface area contributed by atoms with Gasteiger partial charge in [-0.25, -0.2) is 0 Å². The highest BCUT2D eigenvalue weighted by molar-refractivity contribution is 5.71. The van der Waals surface area contributed by atoms with Crippen LogP contribution in [0.15, 0.2) is 109 Å². The quantitative estimate of drug-likeness (QED) is 0.0262. The Morgan fingerprint density at radius 2 is 0.597 bits per heavy atom. The van der Waals surface area contributed by atoms with Crippen molar-refractivity contribution in [3.8, 4) is 0 Å². The molecule has 0 radical (unpaired) electrons. The van der Waals surface area contributed by atoms with Crippen molar-refractivity contribution in [2.75, 3.05) is 13.2 Å². The summed E-state index contributed by atoms with van der Waals surface area (Å²) >= 11 is 0. The lowest BCUT2D eigenvalue weighted by atomic mass is 10.1. The third-order valence-corrected chi connectivity index (χ3v) is 11.2. The van der Waals surface area contributed by atoms with E-state index in [4.69, 9.17) is 14.2 Å². The molecule has 0 saturated carbocycles. The summed E-state index contributed by atoms with van der Waals surface area (Å²) in [6.07, 6.45) is 73.6. The molecule has 0 spiro atoms. The average molecular weight is 929 g/mol.